The Labute approximate surface area is 398 Å². The van der Waals surface area contributed by atoms with Gasteiger partial charge < -0.3 is 20.3 Å². The van der Waals surface area contributed by atoms with E-state index < -0.39 is 12.1 Å². The van der Waals surface area contributed by atoms with Crippen LogP contribution in [0.2, 0.25) is 0 Å². The summed E-state index contributed by atoms with van der Waals surface area (Å²) < 4.78 is 5.45. The molecular weight excluding hydrogens is 791 g/mol. The average Bonchev–Trinajstić information content (AvgIpc) is 3.29. The standard InChI is InChI=1S/C58H109NO5/c1-3-5-7-9-11-13-15-17-19-21-22-23-24-26-30-34-38-42-46-50-56(61)55(54-60)59-57(62)51-47-43-39-35-31-28-29-33-37-41-45-49-53-64-58(63)52-48-44-40-36-32-27-25-20-18-16-14-12-10-8-6-4-2/h14,16,20,25,29,33,55-56,60-61H,3-13,15,17-19,21-24,26-28,30-32,34-54H2,1-2H3,(H,59,62)/b16-14-,25-20-,33-29-. The van der Waals surface area contributed by atoms with Crippen molar-refractivity contribution in [3.63, 3.8) is 0 Å². The predicted molar refractivity (Wildman–Crippen MR) is 278 cm³/mol. The molecule has 0 aliphatic rings. The van der Waals surface area contributed by atoms with E-state index in [0.717, 1.165) is 89.9 Å². The first-order valence-corrected chi connectivity index (χ1v) is 28.2. The summed E-state index contributed by atoms with van der Waals surface area (Å²) in [7, 11) is 0. The third-order valence-electron chi connectivity index (χ3n) is 12.9. The van der Waals surface area contributed by atoms with E-state index in [9.17, 15) is 19.8 Å². The average molecular weight is 901 g/mol. The van der Waals surface area contributed by atoms with Crippen molar-refractivity contribution in [3.8, 4) is 0 Å². The van der Waals surface area contributed by atoms with Crippen molar-refractivity contribution in [3.05, 3.63) is 36.5 Å². The van der Waals surface area contributed by atoms with E-state index >= 15 is 0 Å². The molecule has 1 amide bonds. The van der Waals surface area contributed by atoms with Gasteiger partial charge in [-0.1, -0.05) is 230 Å². The van der Waals surface area contributed by atoms with E-state index in [0.29, 0.717) is 25.9 Å². The van der Waals surface area contributed by atoms with Crippen molar-refractivity contribution in [2.75, 3.05) is 13.2 Å². The molecule has 0 rings (SSSR count). The van der Waals surface area contributed by atoms with Gasteiger partial charge in [-0.3, -0.25) is 9.59 Å². The van der Waals surface area contributed by atoms with Crippen LogP contribution in [0, 0.1) is 0 Å². The highest BCUT2D eigenvalue weighted by Crippen LogP contribution is 2.17. The van der Waals surface area contributed by atoms with Gasteiger partial charge in [-0.2, -0.15) is 0 Å². The number of rotatable bonds is 52. The van der Waals surface area contributed by atoms with Crippen molar-refractivity contribution >= 4 is 11.9 Å². The summed E-state index contributed by atoms with van der Waals surface area (Å²) in [5.41, 5.74) is 0. The molecular formula is C58H109NO5. The Balaban J connectivity index is 3.51. The molecule has 0 bridgehead atoms. The zero-order valence-electron chi connectivity index (χ0n) is 42.8. The molecule has 3 N–H and O–H groups in total. The normalized spacial score (nSPS) is 12.9. The van der Waals surface area contributed by atoms with Gasteiger partial charge >= 0.3 is 5.97 Å². The van der Waals surface area contributed by atoms with E-state index in [1.54, 1.807) is 0 Å². The Morgan fingerprint density at radius 2 is 0.781 bits per heavy atom. The summed E-state index contributed by atoms with van der Waals surface area (Å²) in [6, 6.07) is -0.562. The van der Waals surface area contributed by atoms with Crippen molar-refractivity contribution in [2.45, 2.75) is 309 Å². The van der Waals surface area contributed by atoms with Crippen LogP contribution in [0.4, 0.5) is 0 Å². The molecule has 0 spiro atoms. The number of carbonyl (C=O) groups excluding carboxylic acids is 2. The first-order valence-electron chi connectivity index (χ1n) is 28.2. The summed E-state index contributed by atoms with van der Waals surface area (Å²) in [5, 5.41) is 23.3. The highest BCUT2D eigenvalue weighted by Gasteiger charge is 2.20. The van der Waals surface area contributed by atoms with Crippen LogP contribution >= 0.6 is 0 Å². The second-order valence-electron chi connectivity index (χ2n) is 19.3. The van der Waals surface area contributed by atoms with Crippen molar-refractivity contribution in [1.29, 1.82) is 0 Å². The number of ether oxygens (including phenoxy) is 1. The lowest BCUT2D eigenvalue weighted by Gasteiger charge is -2.22. The topological polar surface area (TPSA) is 95.9 Å². The van der Waals surface area contributed by atoms with Crippen LogP contribution < -0.4 is 5.32 Å². The maximum atomic E-state index is 12.5. The fraction of sp³-hybridized carbons (Fsp3) is 0.862. The zero-order chi connectivity index (χ0) is 46.5. The third kappa shape index (κ3) is 49.5. The van der Waals surface area contributed by atoms with E-state index in [2.05, 4.69) is 55.6 Å². The number of hydrogen-bond acceptors (Lipinski definition) is 5. The Morgan fingerprint density at radius 3 is 1.22 bits per heavy atom. The minimum absolute atomic E-state index is 0.0360. The quantitative estimate of drug-likeness (QED) is 0.0321. The summed E-state index contributed by atoms with van der Waals surface area (Å²) >= 11 is 0. The number of unbranched alkanes of at least 4 members (excludes halogenated alkanes) is 35. The molecule has 0 aromatic rings. The van der Waals surface area contributed by atoms with Crippen molar-refractivity contribution in [1.82, 2.24) is 5.32 Å². The van der Waals surface area contributed by atoms with Gasteiger partial charge in [0.1, 0.15) is 0 Å². The Morgan fingerprint density at radius 1 is 0.438 bits per heavy atom. The summed E-state index contributed by atoms with van der Waals surface area (Å²) in [6.07, 6.45) is 65.5. The van der Waals surface area contributed by atoms with Gasteiger partial charge in [0.2, 0.25) is 5.91 Å². The van der Waals surface area contributed by atoms with E-state index in [4.69, 9.17) is 4.74 Å². The Bertz CT molecular complexity index is 1040. The largest absolute Gasteiger partial charge is 0.466 e. The maximum Gasteiger partial charge on any atom is 0.305 e. The SMILES string of the molecule is CCCCCC/C=C\C/C=C\CCCCCCCC(=O)OCCCCC/C=C\CCCCCCCC(=O)NC(CO)C(O)CCCCCCCCCCCCCCCCCCCCC. The molecule has 2 atom stereocenters. The molecule has 6 nitrogen and oxygen atoms in total. The van der Waals surface area contributed by atoms with Crippen LogP contribution in [0.5, 0.6) is 0 Å². The second-order valence-corrected chi connectivity index (χ2v) is 19.3. The van der Waals surface area contributed by atoms with E-state index in [1.165, 1.54) is 173 Å². The predicted octanol–water partition coefficient (Wildman–Crippen LogP) is 17.2. The van der Waals surface area contributed by atoms with E-state index in [-0.39, 0.29) is 18.5 Å². The molecule has 0 radical (unpaired) electrons. The molecule has 376 valence electrons. The molecule has 0 aromatic heterocycles. The maximum absolute atomic E-state index is 12.5. The Hall–Kier alpha value is -1.92. The number of nitrogens with one attached hydrogen (secondary N) is 1. The monoisotopic (exact) mass is 900 g/mol. The molecule has 0 saturated heterocycles. The van der Waals surface area contributed by atoms with Crippen molar-refractivity contribution < 1.29 is 24.5 Å². The minimum Gasteiger partial charge on any atom is -0.466 e. The Kier molecular flexibility index (Phi) is 52.1. The number of hydrogen-bond donors (Lipinski definition) is 3. The van der Waals surface area contributed by atoms with Crippen molar-refractivity contribution in [2.24, 2.45) is 0 Å². The lowest BCUT2D eigenvalue weighted by molar-refractivity contribution is -0.143. The molecule has 0 fully saturated rings. The molecule has 64 heavy (non-hydrogen) atoms. The molecule has 2 unspecified atom stereocenters. The van der Waals surface area contributed by atoms with Gasteiger partial charge in [0.25, 0.3) is 0 Å². The van der Waals surface area contributed by atoms with Crippen LogP contribution in [0.15, 0.2) is 36.5 Å². The van der Waals surface area contributed by atoms with E-state index in [1.807, 2.05) is 0 Å². The molecule has 0 heterocycles. The molecule has 0 aliphatic heterocycles. The molecule has 6 heteroatoms. The zero-order valence-corrected chi connectivity index (χ0v) is 42.8. The van der Waals surface area contributed by atoms with Crippen LogP contribution in [0.25, 0.3) is 0 Å². The molecule has 0 aliphatic carbocycles. The van der Waals surface area contributed by atoms with Gasteiger partial charge in [-0.15, -0.1) is 0 Å². The number of carbonyl (C=O) groups is 2. The van der Waals surface area contributed by atoms with Crippen LogP contribution in [-0.2, 0) is 14.3 Å². The number of esters is 1. The first kappa shape index (κ1) is 62.1. The second kappa shape index (κ2) is 53.7. The minimum atomic E-state index is -0.682. The van der Waals surface area contributed by atoms with Gasteiger partial charge in [0, 0.05) is 12.8 Å². The lowest BCUT2D eigenvalue weighted by atomic mass is 10.0. The summed E-state index contributed by atoms with van der Waals surface area (Å²) in [6.45, 7) is 4.88. The van der Waals surface area contributed by atoms with Gasteiger partial charge in [-0.05, 0) is 89.9 Å². The van der Waals surface area contributed by atoms with Crippen LogP contribution in [0.3, 0.4) is 0 Å². The fourth-order valence-corrected chi connectivity index (χ4v) is 8.55. The number of amides is 1. The molecule has 0 saturated carbocycles. The van der Waals surface area contributed by atoms with Gasteiger partial charge in [-0.25, -0.2) is 0 Å². The van der Waals surface area contributed by atoms with Gasteiger partial charge in [0.05, 0.1) is 25.4 Å². The third-order valence-corrected chi connectivity index (χ3v) is 12.9. The first-order chi connectivity index (χ1) is 31.5. The number of aliphatic hydroxyl groups is 2. The summed E-state index contributed by atoms with van der Waals surface area (Å²) in [5.74, 6) is -0.0962. The number of allylic oxidation sites excluding steroid dienone is 6. The highest BCUT2D eigenvalue weighted by atomic mass is 16.5. The fourth-order valence-electron chi connectivity index (χ4n) is 8.55. The molecule has 0 aromatic carbocycles. The van der Waals surface area contributed by atoms with Crippen LogP contribution in [-0.4, -0.2) is 47.4 Å². The smallest absolute Gasteiger partial charge is 0.305 e. The van der Waals surface area contributed by atoms with Gasteiger partial charge in [0.15, 0.2) is 0 Å². The van der Waals surface area contributed by atoms with Crippen LogP contribution in [0.1, 0.15) is 296 Å². The lowest BCUT2D eigenvalue weighted by Crippen LogP contribution is -2.45. The number of aliphatic hydroxyl groups excluding tert-OH is 2. The summed E-state index contributed by atoms with van der Waals surface area (Å²) in [4.78, 5) is 24.5. The highest BCUT2D eigenvalue weighted by molar-refractivity contribution is 5.76.